The average Bonchev–Trinajstić information content (AvgIpc) is 2.67. The molecule has 1 aliphatic rings. The Morgan fingerprint density at radius 1 is 1.04 bits per heavy atom. The van der Waals surface area contributed by atoms with Gasteiger partial charge in [-0.15, -0.1) is 0 Å². The smallest absolute Gasteiger partial charge is 0.338 e. The molecule has 2 aromatic rings. The number of nitrogens with two attached hydrogens (primary N) is 1. The Bertz CT molecular complexity index is 728. The number of piperazine rings is 1. The third-order valence-electron chi connectivity index (χ3n) is 3.94. The first-order chi connectivity index (χ1) is 12.1. The normalized spacial score (nSPS) is 14.2. The second kappa shape index (κ2) is 7.61. The molecule has 0 radical (unpaired) electrons. The number of hydrogen-bond acceptors (Lipinski definition) is 7. The predicted molar refractivity (Wildman–Crippen MR) is 92.0 cm³/mol. The molecule has 1 aliphatic heterocycles. The molecule has 1 aromatic heterocycles. The summed E-state index contributed by atoms with van der Waals surface area (Å²) in [6.07, 6.45) is 3.38. The molecule has 8 nitrogen and oxygen atoms in total. The summed E-state index contributed by atoms with van der Waals surface area (Å²) >= 11 is 0. The van der Waals surface area contributed by atoms with Crippen molar-refractivity contribution in [2.45, 2.75) is 0 Å². The highest BCUT2D eigenvalue weighted by atomic mass is 16.5. The monoisotopic (exact) mass is 341 g/mol. The minimum atomic E-state index is -0.537. The number of esters is 1. The highest BCUT2D eigenvalue weighted by Gasteiger charge is 2.23. The maximum Gasteiger partial charge on any atom is 0.338 e. The fraction of sp³-hybridized carbons (Fsp3) is 0.294. The fourth-order valence-electron chi connectivity index (χ4n) is 2.53. The van der Waals surface area contributed by atoms with Crippen LogP contribution in [0, 0.1) is 0 Å². The van der Waals surface area contributed by atoms with Crippen LogP contribution in [-0.4, -0.2) is 59.5 Å². The zero-order chi connectivity index (χ0) is 17.6. The number of carbonyl (C=O) groups excluding carboxylic acids is 2. The lowest BCUT2D eigenvalue weighted by atomic mass is 10.2. The number of rotatable bonds is 4. The molecule has 3 rings (SSSR count). The van der Waals surface area contributed by atoms with Gasteiger partial charge in [0, 0.05) is 44.3 Å². The molecule has 130 valence electrons. The number of nitrogens with zero attached hydrogens (tertiary/aromatic N) is 4. The number of ether oxygens (including phenoxy) is 1. The lowest BCUT2D eigenvalue weighted by Gasteiger charge is -2.34. The van der Waals surface area contributed by atoms with Crippen LogP contribution in [0.3, 0.4) is 0 Å². The number of amides is 1. The van der Waals surface area contributed by atoms with Crippen molar-refractivity contribution in [2.75, 3.05) is 43.4 Å². The van der Waals surface area contributed by atoms with Crippen molar-refractivity contribution in [3.8, 4) is 0 Å². The summed E-state index contributed by atoms with van der Waals surface area (Å²) in [5, 5.41) is 0. The average molecular weight is 341 g/mol. The molecule has 8 heteroatoms. The predicted octanol–water partition coefficient (Wildman–Crippen LogP) is 0.564. The van der Waals surface area contributed by atoms with Crippen molar-refractivity contribution in [2.24, 2.45) is 0 Å². The molecule has 0 bridgehead atoms. The van der Waals surface area contributed by atoms with Crippen LogP contribution in [0.4, 0.5) is 11.6 Å². The van der Waals surface area contributed by atoms with Crippen LogP contribution in [0.1, 0.15) is 10.4 Å². The van der Waals surface area contributed by atoms with E-state index in [-0.39, 0.29) is 12.5 Å². The van der Waals surface area contributed by atoms with E-state index in [1.165, 1.54) is 0 Å². The standard InChI is InChI=1S/C17H19N5O3/c18-14-4-2-13(3-5-14)16(24)25-12-15(23)21-8-10-22(11-9-21)17-19-6-1-7-20-17/h1-7H,8-12,18H2. The third kappa shape index (κ3) is 4.23. The molecule has 2 N–H and O–H groups in total. The SMILES string of the molecule is Nc1ccc(C(=O)OCC(=O)N2CCN(c3ncccn3)CC2)cc1. The van der Waals surface area contributed by atoms with Gasteiger partial charge < -0.3 is 20.3 Å². The Balaban J connectivity index is 1.46. The Hall–Kier alpha value is -3.16. The minimum absolute atomic E-state index is 0.211. The molecule has 0 atom stereocenters. The van der Waals surface area contributed by atoms with Crippen molar-refractivity contribution >= 4 is 23.5 Å². The number of anilines is 2. The van der Waals surface area contributed by atoms with Crippen molar-refractivity contribution < 1.29 is 14.3 Å². The lowest BCUT2D eigenvalue weighted by molar-refractivity contribution is -0.134. The zero-order valence-electron chi connectivity index (χ0n) is 13.7. The highest BCUT2D eigenvalue weighted by Crippen LogP contribution is 2.10. The molecular formula is C17H19N5O3. The van der Waals surface area contributed by atoms with Gasteiger partial charge in [0.2, 0.25) is 5.95 Å². The van der Waals surface area contributed by atoms with Crippen LogP contribution in [0.2, 0.25) is 0 Å². The minimum Gasteiger partial charge on any atom is -0.452 e. The van der Waals surface area contributed by atoms with Crippen molar-refractivity contribution in [3.63, 3.8) is 0 Å². The lowest BCUT2D eigenvalue weighted by Crippen LogP contribution is -2.50. The second-order valence-corrected chi connectivity index (χ2v) is 5.61. The van der Waals surface area contributed by atoms with Gasteiger partial charge in [0.15, 0.2) is 6.61 Å². The van der Waals surface area contributed by atoms with E-state index in [9.17, 15) is 9.59 Å². The molecule has 0 unspecified atom stereocenters. The molecule has 25 heavy (non-hydrogen) atoms. The van der Waals surface area contributed by atoms with E-state index in [2.05, 4.69) is 9.97 Å². The molecular weight excluding hydrogens is 322 g/mol. The van der Waals surface area contributed by atoms with E-state index in [4.69, 9.17) is 10.5 Å². The fourth-order valence-corrected chi connectivity index (χ4v) is 2.53. The Labute approximate surface area is 145 Å². The van der Waals surface area contributed by atoms with E-state index in [1.807, 2.05) is 4.90 Å². The van der Waals surface area contributed by atoms with Crippen LogP contribution < -0.4 is 10.6 Å². The van der Waals surface area contributed by atoms with E-state index < -0.39 is 5.97 Å². The van der Waals surface area contributed by atoms with E-state index in [1.54, 1.807) is 47.6 Å². The molecule has 1 saturated heterocycles. The highest BCUT2D eigenvalue weighted by molar-refractivity contribution is 5.91. The van der Waals surface area contributed by atoms with Gasteiger partial charge in [-0.2, -0.15) is 0 Å². The topological polar surface area (TPSA) is 102 Å². The van der Waals surface area contributed by atoms with Gasteiger partial charge >= 0.3 is 5.97 Å². The molecule has 1 aromatic carbocycles. The van der Waals surface area contributed by atoms with Gasteiger partial charge in [0.25, 0.3) is 5.91 Å². The van der Waals surface area contributed by atoms with E-state index in [0.717, 1.165) is 0 Å². The van der Waals surface area contributed by atoms with Gasteiger partial charge in [-0.25, -0.2) is 14.8 Å². The summed E-state index contributed by atoms with van der Waals surface area (Å²) in [5.41, 5.74) is 6.51. The number of benzene rings is 1. The van der Waals surface area contributed by atoms with Crippen LogP contribution in [0.5, 0.6) is 0 Å². The van der Waals surface area contributed by atoms with Crippen LogP contribution in [-0.2, 0) is 9.53 Å². The molecule has 0 saturated carbocycles. The Morgan fingerprint density at radius 2 is 1.68 bits per heavy atom. The summed E-state index contributed by atoms with van der Waals surface area (Å²) in [6.45, 7) is 2.08. The number of aromatic nitrogens is 2. The first-order valence-corrected chi connectivity index (χ1v) is 7.96. The quantitative estimate of drug-likeness (QED) is 0.640. The molecule has 0 spiro atoms. The van der Waals surface area contributed by atoms with Crippen molar-refractivity contribution in [1.29, 1.82) is 0 Å². The number of hydrogen-bond donors (Lipinski definition) is 1. The van der Waals surface area contributed by atoms with E-state index >= 15 is 0 Å². The summed E-state index contributed by atoms with van der Waals surface area (Å²) in [5.74, 6) is -0.0912. The zero-order valence-corrected chi connectivity index (χ0v) is 13.7. The Kier molecular flexibility index (Phi) is 5.08. The van der Waals surface area contributed by atoms with Gasteiger partial charge in [-0.3, -0.25) is 4.79 Å². The second-order valence-electron chi connectivity index (χ2n) is 5.61. The number of nitrogen functional groups attached to an aromatic ring is 1. The van der Waals surface area contributed by atoms with E-state index in [0.29, 0.717) is 43.4 Å². The van der Waals surface area contributed by atoms with Gasteiger partial charge in [0.05, 0.1) is 5.56 Å². The third-order valence-corrected chi connectivity index (χ3v) is 3.94. The molecule has 2 heterocycles. The molecule has 0 aliphatic carbocycles. The first kappa shape index (κ1) is 16.7. The van der Waals surface area contributed by atoms with Crippen LogP contribution in [0.25, 0.3) is 0 Å². The largest absolute Gasteiger partial charge is 0.452 e. The first-order valence-electron chi connectivity index (χ1n) is 7.96. The maximum absolute atomic E-state index is 12.2. The van der Waals surface area contributed by atoms with Gasteiger partial charge in [0.1, 0.15) is 0 Å². The maximum atomic E-state index is 12.2. The van der Waals surface area contributed by atoms with Crippen LogP contribution >= 0.6 is 0 Å². The molecule has 1 amide bonds. The van der Waals surface area contributed by atoms with Gasteiger partial charge in [-0.05, 0) is 30.3 Å². The van der Waals surface area contributed by atoms with Crippen molar-refractivity contribution in [3.05, 3.63) is 48.3 Å². The summed E-state index contributed by atoms with van der Waals surface area (Å²) in [6, 6.07) is 8.13. The summed E-state index contributed by atoms with van der Waals surface area (Å²) < 4.78 is 5.09. The van der Waals surface area contributed by atoms with Gasteiger partial charge in [-0.1, -0.05) is 0 Å². The van der Waals surface area contributed by atoms with Crippen LogP contribution in [0.15, 0.2) is 42.7 Å². The summed E-state index contributed by atoms with van der Waals surface area (Å²) in [7, 11) is 0. The molecule has 1 fully saturated rings. The number of carbonyl (C=O) groups is 2. The summed E-state index contributed by atoms with van der Waals surface area (Å²) in [4.78, 5) is 36.2. The van der Waals surface area contributed by atoms with Crippen molar-refractivity contribution in [1.82, 2.24) is 14.9 Å². The Morgan fingerprint density at radius 3 is 2.32 bits per heavy atom.